The molecule has 1 unspecified atom stereocenters. The Morgan fingerprint density at radius 2 is 1.57 bits per heavy atom. The van der Waals surface area contributed by atoms with E-state index < -0.39 is 34.6 Å². The van der Waals surface area contributed by atoms with Crippen molar-refractivity contribution in [1.82, 2.24) is 0 Å². The van der Waals surface area contributed by atoms with Gasteiger partial charge in [0.05, 0.1) is 18.6 Å². The van der Waals surface area contributed by atoms with Gasteiger partial charge in [-0.25, -0.2) is 4.39 Å². The summed E-state index contributed by atoms with van der Waals surface area (Å²) in [4.78, 5) is 12.6. The van der Waals surface area contributed by atoms with E-state index in [1.165, 1.54) is 19.3 Å². The van der Waals surface area contributed by atoms with Gasteiger partial charge in [-0.2, -0.15) is 17.2 Å². The SMILES string of the molecule is CCC(F)C(F)(F)S(=O)(=O)OCCCCOC(=O)C12CC3CC(CC(C3)C1)C2. The highest BCUT2D eigenvalue weighted by Crippen LogP contribution is 2.60. The van der Waals surface area contributed by atoms with Crippen molar-refractivity contribution in [3.05, 3.63) is 0 Å². The number of hydrogen-bond acceptors (Lipinski definition) is 5. The monoisotopic (exact) mass is 426 g/mol. The molecule has 0 saturated heterocycles. The minimum atomic E-state index is -5.32. The zero-order valence-corrected chi connectivity index (χ0v) is 17.0. The van der Waals surface area contributed by atoms with E-state index in [4.69, 9.17) is 4.74 Å². The molecule has 0 N–H and O–H groups in total. The average Bonchev–Trinajstić information content (AvgIpc) is 2.62. The van der Waals surface area contributed by atoms with Crippen molar-refractivity contribution in [2.24, 2.45) is 23.2 Å². The first kappa shape index (κ1) is 21.9. The third kappa shape index (κ3) is 4.20. The van der Waals surface area contributed by atoms with Crippen LogP contribution >= 0.6 is 0 Å². The van der Waals surface area contributed by atoms with Gasteiger partial charge in [0.2, 0.25) is 0 Å². The number of esters is 1. The molecule has 0 spiro atoms. The molecule has 0 aromatic rings. The molecule has 0 amide bonds. The third-order valence-corrected chi connectivity index (χ3v) is 7.94. The number of rotatable bonds is 10. The Morgan fingerprint density at radius 3 is 2.07 bits per heavy atom. The van der Waals surface area contributed by atoms with Gasteiger partial charge in [-0.05, 0) is 75.5 Å². The predicted octanol–water partition coefficient (Wildman–Crippen LogP) is 4.21. The summed E-state index contributed by atoms with van der Waals surface area (Å²) in [5.41, 5.74) is -0.354. The first-order chi connectivity index (χ1) is 13.1. The number of ether oxygens (including phenoxy) is 1. The lowest BCUT2D eigenvalue weighted by atomic mass is 9.49. The maximum atomic E-state index is 13.5. The molecule has 4 aliphatic carbocycles. The fraction of sp³-hybridized carbons (Fsp3) is 0.947. The van der Waals surface area contributed by atoms with Gasteiger partial charge in [0.1, 0.15) is 0 Å². The van der Waals surface area contributed by atoms with E-state index in [0.29, 0.717) is 24.2 Å². The molecule has 4 rings (SSSR count). The van der Waals surface area contributed by atoms with Crippen LogP contribution in [0.15, 0.2) is 0 Å². The lowest BCUT2D eigenvalue weighted by Crippen LogP contribution is -2.50. The van der Waals surface area contributed by atoms with E-state index in [0.717, 1.165) is 26.2 Å². The number of alkyl halides is 3. The number of halogens is 3. The second kappa shape index (κ2) is 8.13. The minimum Gasteiger partial charge on any atom is -0.465 e. The molecule has 28 heavy (non-hydrogen) atoms. The first-order valence-electron chi connectivity index (χ1n) is 10.2. The summed E-state index contributed by atoms with van der Waals surface area (Å²) in [7, 11) is -5.32. The number of unbranched alkanes of at least 4 members (excludes halogenated alkanes) is 1. The molecule has 9 heteroatoms. The van der Waals surface area contributed by atoms with Gasteiger partial charge in [0.15, 0.2) is 6.17 Å². The Labute approximate surface area is 164 Å². The summed E-state index contributed by atoms with van der Waals surface area (Å²) >= 11 is 0. The largest absolute Gasteiger partial charge is 0.465 e. The van der Waals surface area contributed by atoms with Crippen molar-refractivity contribution in [2.75, 3.05) is 13.2 Å². The molecular formula is C19H29F3O5S. The molecule has 162 valence electrons. The minimum absolute atomic E-state index is 0.0983. The van der Waals surface area contributed by atoms with Crippen molar-refractivity contribution in [3.63, 3.8) is 0 Å². The highest BCUT2D eigenvalue weighted by Gasteiger charge is 2.55. The smallest absolute Gasteiger partial charge is 0.400 e. The van der Waals surface area contributed by atoms with E-state index in [9.17, 15) is 26.4 Å². The Morgan fingerprint density at radius 1 is 1.07 bits per heavy atom. The predicted molar refractivity (Wildman–Crippen MR) is 95.8 cm³/mol. The van der Waals surface area contributed by atoms with E-state index >= 15 is 0 Å². The molecule has 0 aromatic carbocycles. The number of carbonyl (C=O) groups excluding carboxylic acids is 1. The molecule has 0 heterocycles. The number of hydrogen-bond donors (Lipinski definition) is 0. The second-order valence-corrected chi connectivity index (χ2v) is 10.4. The van der Waals surface area contributed by atoms with Crippen LogP contribution in [0.5, 0.6) is 0 Å². The molecule has 4 bridgehead atoms. The van der Waals surface area contributed by atoms with Crippen LogP contribution < -0.4 is 0 Å². The van der Waals surface area contributed by atoms with Crippen LogP contribution in [-0.2, 0) is 23.8 Å². The van der Waals surface area contributed by atoms with Crippen molar-refractivity contribution in [2.45, 2.75) is 76.1 Å². The van der Waals surface area contributed by atoms with Crippen LogP contribution in [0.25, 0.3) is 0 Å². The second-order valence-electron chi connectivity index (χ2n) is 8.75. The Balaban J connectivity index is 1.38. The fourth-order valence-corrected chi connectivity index (χ4v) is 6.50. The molecule has 0 aliphatic heterocycles. The molecule has 4 aliphatic rings. The molecular weight excluding hydrogens is 397 g/mol. The fourth-order valence-electron chi connectivity index (χ4n) is 5.52. The standard InChI is InChI=1S/C19H29F3O5S/c1-2-16(20)19(21,22)28(24,25)27-6-4-3-5-26-17(23)18-10-13-7-14(11-18)9-15(8-13)12-18/h13-16H,2-12H2,1H3. The maximum absolute atomic E-state index is 13.5. The van der Waals surface area contributed by atoms with Gasteiger partial charge in [0.25, 0.3) is 0 Å². The van der Waals surface area contributed by atoms with Gasteiger partial charge in [-0.1, -0.05) is 6.92 Å². The molecule has 1 atom stereocenters. The summed E-state index contributed by atoms with van der Waals surface area (Å²) in [6.07, 6.45) is 3.35. The van der Waals surface area contributed by atoms with Crippen LogP contribution in [0, 0.1) is 23.2 Å². The van der Waals surface area contributed by atoms with Crippen LogP contribution in [0.3, 0.4) is 0 Å². The molecule has 0 aromatic heterocycles. The van der Waals surface area contributed by atoms with Crippen LogP contribution in [0.1, 0.15) is 64.7 Å². The summed E-state index contributed by atoms with van der Waals surface area (Å²) in [6.45, 7) is 0.733. The molecule has 4 fully saturated rings. The highest BCUT2D eigenvalue weighted by molar-refractivity contribution is 7.87. The molecule has 4 saturated carbocycles. The Kier molecular flexibility index (Phi) is 6.35. The summed E-state index contributed by atoms with van der Waals surface area (Å²) < 4.78 is 72.7. The lowest BCUT2D eigenvalue weighted by Gasteiger charge is -2.55. The Bertz CT molecular complexity index is 644. The highest BCUT2D eigenvalue weighted by atomic mass is 32.2. The van der Waals surface area contributed by atoms with Crippen molar-refractivity contribution < 1.29 is 35.3 Å². The van der Waals surface area contributed by atoms with Crippen molar-refractivity contribution >= 4 is 16.1 Å². The van der Waals surface area contributed by atoms with E-state index in [2.05, 4.69) is 4.18 Å². The first-order valence-corrected chi connectivity index (χ1v) is 11.6. The zero-order chi connectivity index (χ0) is 20.6. The van der Waals surface area contributed by atoms with E-state index in [1.807, 2.05) is 0 Å². The van der Waals surface area contributed by atoms with E-state index in [1.54, 1.807) is 0 Å². The topological polar surface area (TPSA) is 69.7 Å². The Hall–Kier alpha value is -0.830. The van der Waals surface area contributed by atoms with Gasteiger partial charge in [-0.15, -0.1) is 0 Å². The third-order valence-electron chi connectivity index (χ3n) is 6.54. The maximum Gasteiger partial charge on any atom is 0.400 e. The number of carbonyl (C=O) groups is 1. The molecule has 0 radical (unpaired) electrons. The summed E-state index contributed by atoms with van der Waals surface area (Å²) in [5.74, 6) is 1.71. The van der Waals surface area contributed by atoms with Crippen molar-refractivity contribution in [1.29, 1.82) is 0 Å². The van der Waals surface area contributed by atoms with Gasteiger partial charge in [0, 0.05) is 0 Å². The normalized spacial score (nSPS) is 33.1. The van der Waals surface area contributed by atoms with E-state index in [-0.39, 0.29) is 24.4 Å². The molecule has 5 nitrogen and oxygen atoms in total. The van der Waals surface area contributed by atoms with Crippen molar-refractivity contribution in [3.8, 4) is 0 Å². The van der Waals surface area contributed by atoms with Gasteiger partial charge < -0.3 is 4.74 Å². The summed E-state index contributed by atoms with van der Waals surface area (Å²) in [6, 6.07) is 0. The average molecular weight is 426 g/mol. The zero-order valence-electron chi connectivity index (χ0n) is 16.2. The van der Waals surface area contributed by atoms with Crippen LogP contribution in [-0.4, -0.2) is 39.0 Å². The van der Waals surface area contributed by atoms with Crippen LogP contribution in [0.4, 0.5) is 13.2 Å². The summed E-state index contributed by atoms with van der Waals surface area (Å²) in [5, 5.41) is -4.56. The van der Waals surface area contributed by atoms with Crippen LogP contribution in [0.2, 0.25) is 0 Å². The van der Waals surface area contributed by atoms with Gasteiger partial charge >= 0.3 is 21.3 Å². The van der Waals surface area contributed by atoms with Gasteiger partial charge in [-0.3, -0.25) is 8.98 Å². The lowest BCUT2D eigenvalue weighted by molar-refractivity contribution is -0.171. The quantitative estimate of drug-likeness (QED) is 0.297.